The average Bonchev–Trinajstić information content (AvgIpc) is 2.56. The Bertz CT molecular complexity index is 254. The summed E-state index contributed by atoms with van der Waals surface area (Å²) in [5, 5.41) is 0. The Morgan fingerprint density at radius 1 is 1.18 bits per heavy atom. The first kappa shape index (κ1) is 13.2. The van der Waals surface area contributed by atoms with Gasteiger partial charge in [-0.2, -0.15) is 11.8 Å². The van der Waals surface area contributed by atoms with Crippen LogP contribution in [0.5, 0.6) is 0 Å². The molecule has 0 spiro atoms. The summed E-state index contributed by atoms with van der Waals surface area (Å²) in [6, 6.07) is 0.443. The van der Waals surface area contributed by atoms with Gasteiger partial charge in [0.15, 0.2) is 0 Å². The first-order chi connectivity index (χ1) is 8.27. The largest absolute Gasteiger partial charge is 0.338 e. The van der Waals surface area contributed by atoms with E-state index in [0.717, 1.165) is 25.3 Å². The number of nitrogens with zero attached hydrogens (tertiary/aromatic N) is 2. The number of likely N-dealkylation sites (tertiary alicyclic amines) is 1. The van der Waals surface area contributed by atoms with Crippen molar-refractivity contribution < 1.29 is 4.79 Å². The van der Waals surface area contributed by atoms with Gasteiger partial charge in [-0.15, -0.1) is 0 Å². The molecule has 1 amide bonds. The number of thioether (sulfide) groups is 1. The molecular weight excluding hydrogens is 232 g/mol. The summed E-state index contributed by atoms with van der Waals surface area (Å²) < 4.78 is 0. The van der Waals surface area contributed by atoms with E-state index in [1.54, 1.807) is 6.92 Å². The smallest absolute Gasteiger partial charge is 0.219 e. The van der Waals surface area contributed by atoms with Crippen LogP contribution in [0.25, 0.3) is 0 Å². The van der Waals surface area contributed by atoms with Gasteiger partial charge in [-0.1, -0.05) is 6.42 Å². The van der Waals surface area contributed by atoms with E-state index in [1.807, 2.05) is 11.8 Å². The van der Waals surface area contributed by atoms with Gasteiger partial charge in [-0.3, -0.25) is 4.79 Å². The number of hydrogen-bond acceptors (Lipinski definition) is 3. The fourth-order valence-electron chi connectivity index (χ4n) is 2.83. The number of carbonyl (C=O) groups excluding carboxylic acids is 1. The lowest BCUT2D eigenvalue weighted by Gasteiger charge is -2.35. The van der Waals surface area contributed by atoms with Gasteiger partial charge in [-0.05, 0) is 38.1 Å². The molecule has 2 fully saturated rings. The third-order valence-corrected chi connectivity index (χ3v) is 4.96. The molecule has 0 aromatic rings. The van der Waals surface area contributed by atoms with Crippen LogP contribution in [0.4, 0.5) is 0 Å². The minimum Gasteiger partial charge on any atom is -0.338 e. The number of carbonyl (C=O) groups is 1. The Morgan fingerprint density at radius 3 is 2.65 bits per heavy atom. The van der Waals surface area contributed by atoms with Gasteiger partial charge in [-0.25, -0.2) is 0 Å². The molecule has 0 unspecified atom stereocenters. The van der Waals surface area contributed by atoms with Crippen LogP contribution in [0.2, 0.25) is 0 Å². The molecule has 4 heteroatoms. The second-order valence-electron chi connectivity index (χ2n) is 5.16. The van der Waals surface area contributed by atoms with Crippen LogP contribution < -0.4 is 0 Å². The summed E-state index contributed by atoms with van der Waals surface area (Å²) in [7, 11) is 0. The van der Waals surface area contributed by atoms with E-state index in [-0.39, 0.29) is 5.91 Å². The summed E-state index contributed by atoms with van der Waals surface area (Å²) >= 11 is 2.01. The zero-order chi connectivity index (χ0) is 12.1. The highest BCUT2D eigenvalue weighted by Crippen LogP contribution is 2.19. The molecule has 3 nitrogen and oxygen atoms in total. The van der Waals surface area contributed by atoms with Crippen LogP contribution in [-0.2, 0) is 4.79 Å². The van der Waals surface area contributed by atoms with Crippen LogP contribution >= 0.6 is 11.8 Å². The van der Waals surface area contributed by atoms with Gasteiger partial charge >= 0.3 is 0 Å². The van der Waals surface area contributed by atoms with Crippen molar-refractivity contribution in [2.75, 3.05) is 37.7 Å². The summed E-state index contributed by atoms with van der Waals surface area (Å²) in [4.78, 5) is 16.4. The van der Waals surface area contributed by atoms with Crippen molar-refractivity contribution in [3.8, 4) is 0 Å². The molecule has 17 heavy (non-hydrogen) atoms. The summed E-state index contributed by atoms with van der Waals surface area (Å²) in [5.74, 6) is 2.59. The van der Waals surface area contributed by atoms with Crippen LogP contribution in [0.3, 0.4) is 0 Å². The van der Waals surface area contributed by atoms with E-state index in [0.29, 0.717) is 6.04 Å². The van der Waals surface area contributed by atoms with Crippen molar-refractivity contribution in [2.24, 2.45) is 0 Å². The van der Waals surface area contributed by atoms with Gasteiger partial charge in [0.1, 0.15) is 0 Å². The predicted molar refractivity (Wildman–Crippen MR) is 73.4 cm³/mol. The Labute approximate surface area is 109 Å². The molecule has 2 aliphatic rings. The molecule has 2 heterocycles. The molecule has 0 radical (unpaired) electrons. The van der Waals surface area contributed by atoms with Crippen molar-refractivity contribution in [3.63, 3.8) is 0 Å². The first-order valence-corrected chi connectivity index (χ1v) is 8.00. The van der Waals surface area contributed by atoms with Gasteiger partial charge in [0.2, 0.25) is 5.91 Å². The number of amides is 1. The van der Waals surface area contributed by atoms with Gasteiger partial charge in [0.25, 0.3) is 0 Å². The lowest BCUT2D eigenvalue weighted by molar-refractivity contribution is -0.131. The summed E-state index contributed by atoms with van der Waals surface area (Å²) in [6.07, 6.45) is 5.20. The highest BCUT2D eigenvalue weighted by atomic mass is 32.2. The molecule has 0 aromatic carbocycles. The Balaban J connectivity index is 1.91. The number of hydrogen-bond donors (Lipinski definition) is 0. The number of piperidine rings is 1. The molecule has 2 aliphatic heterocycles. The molecule has 0 saturated carbocycles. The van der Waals surface area contributed by atoms with E-state index in [4.69, 9.17) is 0 Å². The highest BCUT2D eigenvalue weighted by Gasteiger charge is 2.25. The maximum Gasteiger partial charge on any atom is 0.219 e. The zero-order valence-corrected chi connectivity index (χ0v) is 11.7. The van der Waals surface area contributed by atoms with E-state index in [1.165, 1.54) is 38.1 Å². The van der Waals surface area contributed by atoms with Crippen LogP contribution in [0.15, 0.2) is 0 Å². The fourth-order valence-corrected chi connectivity index (χ4v) is 3.89. The van der Waals surface area contributed by atoms with Gasteiger partial charge in [0.05, 0.1) is 6.04 Å². The van der Waals surface area contributed by atoms with E-state index in [2.05, 4.69) is 9.80 Å². The number of rotatable bonds is 2. The third kappa shape index (κ3) is 3.88. The van der Waals surface area contributed by atoms with Crippen LogP contribution in [0, 0.1) is 0 Å². The second kappa shape index (κ2) is 6.64. The Kier molecular flexibility index (Phi) is 5.16. The first-order valence-electron chi connectivity index (χ1n) is 6.84. The molecule has 98 valence electrons. The SMILES string of the molecule is CC(=O)N1CCCSC[C@@H]1CN1CCCCC1. The van der Waals surface area contributed by atoms with Crippen molar-refractivity contribution in [1.29, 1.82) is 0 Å². The maximum atomic E-state index is 11.7. The molecule has 0 N–H and O–H groups in total. The lowest BCUT2D eigenvalue weighted by Crippen LogP contribution is -2.48. The van der Waals surface area contributed by atoms with E-state index < -0.39 is 0 Å². The molecule has 1 atom stereocenters. The standard InChI is InChI=1S/C13H24N2OS/c1-12(16)15-8-5-9-17-11-13(15)10-14-6-3-2-4-7-14/h13H,2-11H2,1H3/t13-/m0/s1. The van der Waals surface area contributed by atoms with E-state index >= 15 is 0 Å². The topological polar surface area (TPSA) is 23.6 Å². The van der Waals surface area contributed by atoms with Crippen LogP contribution in [0.1, 0.15) is 32.6 Å². The second-order valence-corrected chi connectivity index (χ2v) is 6.31. The molecule has 0 aromatic heterocycles. The molecule has 2 rings (SSSR count). The quantitative estimate of drug-likeness (QED) is 0.753. The molecule has 0 bridgehead atoms. The van der Waals surface area contributed by atoms with Gasteiger partial charge < -0.3 is 9.80 Å². The minimum atomic E-state index is 0.259. The van der Waals surface area contributed by atoms with Crippen molar-refractivity contribution in [1.82, 2.24) is 9.80 Å². The fraction of sp³-hybridized carbons (Fsp3) is 0.923. The summed E-state index contributed by atoms with van der Waals surface area (Å²) in [5.41, 5.74) is 0. The molecular formula is C13H24N2OS. The minimum absolute atomic E-state index is 0.259. The van der Waals surface area contributed by atoms with Crippen molar-refractivity contribution >= 4 is 17.7 Å². The third-order valence-electron chi connectivity index (χ3n) is 3.76. The van der Waals surface area contributed by atoms with Crippen LogP contribution in [-0.4, -0.2) is 59.4 Å². The predicted octanol–water partition coefficient (Wildman–Crippen LogP) is 1.83. The lowest BCUT2D eigenvalue weighted by atomic mass is 10.1. The summed E-state index contributed by atoms with van der Waals surface area (Å²) in [6.45, 7) is 6.23. The Morgan fingerprint density at radius 2 is 1.94 bits per heavy atom. The Hall–Kier alpha value is -0.220. The average molecular weight is 256 g/mol. The normalized spacial score (nSPS) is 27.8. The van der Waals surface area contributed by atoms with E-state index in [9.17, 15) is 4.79 Å². The molecule has 0 aliphatic carbocycles. The van der Waals surface area contributed by atoms with Crippen molar-refractivity contribution in [3.05, 3.63) is 0 Å². The zero-order valence-electron chi connectivity index (χ0n) is 10.9. The van der Waals surface area contributed by atoms with Crippen molar-refractivity contribution in [2.45, 2.75) is 38.6 Å². The monoisotopic (exact) mass is 256 g/mol. The maximum absolute atomic E-state index is 11.7. The molecule has 2 saturated heterocycles. The van der Waals surface area contributed by atoms with Gasteiger partial charge in [0, 0.05) is 25.8 Å². The highest BCUT2D eigenvalue weighted by molar-refractivity contribution is 7.99.